The first-order chi connectivity index (χ1) is 5.29. The molecule has 0 aliphatic carbocycles. The zero-order valence-corrected chi connectivity index (χ0v) is 8.18. The van der Waals surface area contributed by atoms with E-state index in [4.69, 9.17) is 11.6 Å². The van der Waals surface area contributed by atoms with Crippen LogP contribution in [-0.4, -0.2) is 24.1 Å². The molecule has 1 heterocycles. The first-order valence-electron chi connectivity index (χ1n) is 3.93. The van der Waals surface area contributed by atoms with E-state index in [1.165, 1.54) is 24.3 Å². The number of hydrogen-bond acceptors (Lipinski definition) is 2. The van der Waals surface area contributed by atoms with Gasteiger partial charge in [-0.15, -0.1) is 0 Å². The number of halogens is 1. The highest BCUT2D eigenvalue weighted by molar-refractivity contribution is 7.99. The molecule has 1 aliphatic heterocycles. The molecule has 0 aromatic heterocycles. The molecule has 1 aliphatic rings. The smallest absolute Gasteiger partial charge is 0.0310 e. The number of thioether (sulfide) groups is 1. The molecule has 11 heavy (non-hydrogen) atoms. The maximum atomic E-state index is 5.63. The van der Waals surface area contributed by atoms with E-state index in [1.807, 2.05) is 11.8 Å². The van der Waals surface area contributed by atoms with Crippen molar-refractivity contribution in [3.8, 4) is 0 Å². The summed E-state index contributed by atoms with van der Waals surface area (Å²) in [6.45, 7) is 4.40. The van der Waals surface area contributed by atoms with Crippen molar-refractivity contribution in [3.05, 3.63) is 11.6 Å². The molecule has 1 saturated heterocycles. The van der Waals surface area contributed by atoms with E-state index in [2.05, 4.69) is 11.9 Å². The Morgan fingerprint density at radius 1 is 1.55 bits per heavy atom. The van der Waals surface area contributed by atoms with Crippen LogP contribution in [0.4, 0.5) is 0 Å². The lowest BCUT2D eigenvalue weighted by molar-refractivity contribution is 0.506. The van der Waals surface area contributed by atoms with E-state index in [1.54, 1.807) is 0 Å². The molecular weight excluding hydrogens is 178 g/mol. The van der Waals surface area contributed by atoms with E-state index in [-0.39, 0.29) is 0 Å². The Morgan fingerprint density at radius 3 is 2.73 bits per heavy atom. The Labute approximate surface area is 77.6 Å². The van der Waals surface area contributed by atoms with Crippen LogP contribution >= 0.6 is 23.4 Å². The monoisotopic (exact) mass is 191 g/mol. The highest BCUT2D eigenvalue weighted by Gasteiger charge is 2.11. The zero-order chi connectivity index (χ0) is 8.10. The second kappa shape index (κ2) is 5.07. The molecule has 0 spiro atoms. The topological polar surface area (TPSA) is 12.0 Å². The average molecular weight is 192 g/mol. The van der Waals surface area contributed by atoms with Gasteiger partial charge in [-0.3, -0.25) is 0 Å². The molecule has 1 nitrogen and oxygen atoms in total. The van der Waals surface area contributed by atoms with Crippen LogP contribution in [0.3, 0.4) is 0 Å². The normalized spacial score (nSPS) is 20.1. The highest BCUT2D eigenvalue weighted by Crippen LogP contribution is 2.16. The summed E-state index contributed by atoms with van der Waals surface area (Å²) in [6, 6.07) is 0.673. The third kappa shape index (κ3) is 4.04. The first kappa shape index (κ1) is 9.43. The molecule has 0 amide bonds. The van der Waals surface area contributed by atoms with Crippen molar-refractivity contribution in [3.63, 3.8) is 0 Å². The maximum absolute atomic E-state index is 5.63. The van der Waals surface area contributed by atoms with Crippen LogP contribution in [0.15, 0.2) is 11.6 Å². The standard InChI is InChI=1S/C8H14ClNS/c1-7(9)6-10-8-2-4-11-5-3-8/h8,10H,1-6H2. The third-order valence-electron chi connectivity index (χ3n) is 1.80. The Morgan fingerprint density at radius 2 is 2.18 bits per heavy atom. The van der Waals surface area contributed by atoms with Gasteiger partial charge in [0.25, 0.3) is 0 Å². The predicted molar refractivity (Wildman–Crippen MR) is 53.3 cm³/mol. The summed E-state index contributed by atoms with van der Waals surface area (Å²) in [5.41, 5.74) is 0. The summed E-state index contributed by atoms with van der Waals surface area (Å²) in [7, 11) is 0. The molecule has 0 unspecified atom stereocenters. The summed E-state index contributed by atoms with van der Waals surface area (Å²) in [5, 5.41) is 4.09. The third-order valence-corrected chi connectivity index (χ3v) is 2.99. The molecular formula is C8H14ClNS. The van der Waals surface area contributed by atoms with Crippen molar-refractivity contribution in [2.75, 3.05) is 18.1 Å². The van der Waals surface area contributed by atoms with Crippen LogP contribution < -0.4 is 5.32 Å². The van der Waals surface area contributed by atoms with Crippen LogP contribution in [-0.2, 0) is 0 Å². The summed E-state index contributed by atoms with van der Waals surface area (Å²) in [5.74, 6) is 2.57. The fraction of sp³-hybridized carbons (Fsp3) is 0.750. The lowest BCUT2D eigenvalue weighted by Gasteiger charge is -2.22. The zero-order valence-electron chi connectivity index (χ0n) is 6.61. The van der Waals surface area contributed by atoms with E-state index >= 15 is 0 Å². The van der Waals surface area contributed by atoms with Gasteiger partial charge >= 0.3 is 0 Å². The quantitative estimate of drug-likeness (QED) is 0.735. The number of nitrogens with one attached hydrogen (secondary N) is 1. The van der Waals surface area contributed by atoms with Crippen LogP contribution in [0.5, 0.6) is 0 Å². The second-order valence-electron chi connectivity index (χ2n) is 2.78. The summed E-state index contributed by atoms with van der Waals surface area (Å²) in [6.07, 6.45) is 2.55. The molecule has 64 valence electrons. The molecule has 0 aromatic carbocycles. The summed E-state index contributed by atoms with van der Waals surface area (Å²) >= 11 is 7.67. The van der Waals surface area contributed by atoms with Gasteiger partial charge in [0.2, 0.25) is 0 Å². The van der Waals surface area contributed by atoms with E-state index < -0.39 is 0 Å². The molecule has 0 bridgehead atoms. The minimum absolute atomic E-state index is 0.673. The van der Waals surface area contributed by atoms with Gasteiger partial charge in [-0.1, -0.05) is 18.2 Å². The van der Waals surface area contributed by atoms with E-state index in [0.29, 0.717) is 11.1 Å². The van der Waals surface area contributed by atoms with Crippen molar-refractivity contribution in [2.45, 2.75) is 18.9 Å². The molecule has 0 saturated carbocycles. The van der Waals surface area contributed by atoms with Crippen molar-refractivity contribution in [2.24, 2.45) is 0 Å². The van der Waals surface area contributed by atoms with Gasteiger partial charge in [0.15, 0.2) is 0 Å². The van der Waals surface area contributed by atoms with Crippen molar-refractivity contribution in [1.29, 1.82) is 0 Å². The Bertz CT molecular complexity index is 132. The van der Waals surface area contributed by atoms with Gasteiger partial charge in [0, 0.05) is 17.6 Å². The van der Waals surface area contributed by atoms with Crippen LogP contribution in [0.2, 0.25) is 0 Å². The molecule has 1 rings (SSSR count). The van der Waals surface area contributed by atoms with Crippen molar-refractivity contribution >= 4 is 23.4 Å². The van der Waals surface area contributed by atoms with Crippen molar-refractivity contribution < 1.29 is 0 Å². The molecule has 0 radical (unpaired) electrons. The predicted octanol–water partition coefficient (Wildman–Crippen LogP) is 2.22. The number of rotatable bonds is 3. The molecule has 3 heteroatoms. The summed E-state index contributed by atoms with van der Waals surface area (Å²) < 4.78 is 0. The molecule has 1 N–H and O–H groups in total. The van der Waals surface area contributed by atoms with Gasteiger partial charge in [0.05, 0.1) is 0 Å². The second-order valence-corrected chi connectivity index (χ2v) is 4.54. The minimum atomic E-state index is 0.673. The largest absolute Gasteiger partial charge is 0.309 e. The van der Waals surface area contributed by atoms with Gasteiger partial charge < -0.3 is 5.32 Å². The fourth-order valence-electron chi connectivity index (χ4n) is 1.16. The lowest BCUT2D eigenvalue weighted by atomic mass is 10.1. The first-order valence-corrected chi connectivity index (χ1v) is 5.46. The van der Waals surface area contributed by atoms with Crippen LogP contribution in [0.25, 0.3) is 0 Å². The van der Waals surface area contributed by atoms with Crippen molar-refractivity contribution in [1.82, 2.24) is 5.32 Å². The molecule has 0 aromatic rings. The average Bonchev–Trinajstić information content (AvgIpc) is 2.03. The SMILES string of the molecule is C=C(Cl)CNC1CCSCC1. The maximum Gasteiger partial charge on any atom is 0.0310 e. The lowest BCUT2D eigenvalue weighted by Crippen LogP contribution is -2.33. The van der Waals surface area contributed by atoms with Gasteiger partial charge in [-0.2, -0.15) is 11.8 Å². The fourth-order valence-corrected chi connectivity index (χ4v) is 2.34. The Kier molecular flexibility index (Phi) is 4.34. The number of hydrogen-bond donors (Lipinski definition) is 1. The van der Waals surface area contributed by atoms with E-state index in [9.17, 15) is 0 Å². The molecule has 1 fully saturated rings. The highest BCUT2D eigenvalue weighted by atomic mass is 35.5. The van der Waals surface area contributed by atoms with Gasteiger partial charge in [-0.25, -0.2) is 0 Å². The van der Waals surface area contributed by atoms with Crippen LogP contribution in [0.1, 0.15) is 12.8 Å². The Hall–Kier alpha value is 0.340. The molecule has 0 atom stereocenters. The van der Waals surface area contributed by atoms with Gasteiger partial charge in [-0.05, 0) is 24.3 Å². The Balaban J connectivity index is 2.09. The minimum Gasteiger partial charge on any atom is -0.309 e. The summed E-state index contributed by atoms with van der Waals surface area (Å²) in [4.78, 5) is 0. The van der Waals surface area contributed by atoms with Crippen LogP contribution in [0, 0.1) is 0 Å². The van der Waals surface area contributed by atoms with E-state index in [0.717, 1.165) is 6.54 Å². The van der Waals surface area contributed by atoms with Gasteiger partial charge in [0.1, 0.15) is 0 Å².